The number of aromatic nitrogens is 2. The highest BCUT2D eigenvalue weighted by Gasteiger charge is 1.95. The maximum absolute atomic E-state index is 4.20. The Morgan fingerprint density at radius 2 is 2.07 bits per heavy atom. The average molecular weight is 207 g/mol. The molecule has 0 spiro atoms. The third-order valence-corrected chi connectivity index (χ3v) is 2.67. The van der Waals surface area contributed by atoms with Gasteiger partial charge in [0, 0.05) is 6.20 Å². The minimum Gasteiger partial charge on any atom is -0.351 e. The number of nitrogens with one attached hydrogen (secondary N) is 1. The van der Waals surface area contributed by atoms with Gasteiger partial charge in [-0.1, -0.05) is 45.4 Å². The third-order valence-electron chi connectivity index (χ3n) is 2.67. The van der Waals surface area contributed by atoms with Crippen LogP contribution in [-0.2, 0) is 6.42 Å². The van der Waals surface area contributed by atoms with Crippen molar-refractivity contribution in [2.45, 2.75) is 58.3 Å². The molecule has 0 atom stereocenters. The summed E-state index contributed by atoms with van der Waals surface area (Å²) < 4.78 is 0. The van der Waals surface area contributed by atoms with E-state index in [1.54, 1.807) is 6.33 Å². The second-order valence-corrected chi connectivity index (χ2v) is 4.09. The second-order valence-electron chi connectivity index (χ2n) is 4.09. The second kappa shape index (κ2) is 8.51. The van der Waals surface area contributed by atoms with Crippen molar-refractivity contribution in [3.05, 3.63) is 24.6 Å². The molecule has 0 amide bonds. The van der Waals surface area contributed by atoms with Crippen LogP contribution in [0, 0.1) is 6.42 Å². The standard InChI is InChI=1S/C13H23N2/c1-2-3-4-5-6-7-8-9-10-13-11-14-12-15-13/h8,11-12H,2-7,9-10H2,1H3,(H,14,15). The summed E-state index contributed by atoms with van der Waals surface area (Å²) in [5.41, 5.74) is 1.18. The van der Waals surface area contributed by atoms with Crippen molar-refractivity contribution < 1.29 is 0 Å². The highest BCUT2D eigenvalue weighted by molar-refractivity contribution is 4.95. The number of hydrogen-bond donors (Lipinski definition) is 1. The summed E-state index contributed by atoms with van der Waals surface area (Å²) in [5, 5.41) is 0. The Hall–Kier alpha value is -0.790. The quantitative estimate of drug-likeness (QED) is 0.611. The smallest absolute Gasteiger partial charge is 0.0923 e. The molecular formula is C13H23N2. The van der Waals surface area contributed by atoms with Crippen LogP contribution in [0.5, 0.6) is 0 Å². The maximum Gasteiger partial charge on any atom is 0.0923 e. The lowest BCUT2D eigenvalue weighted by Crippen LogP contribution is -1.87. The maximum atomic E-state index is 4.20. The van der Waals surface area contributed by atoms with Crippen molar-refractivity contribution in [1.29, 1.82) is 0 Å². The molecule has 0 aliphatic rings. The molecule has 1 aromatic heterocycles. The predicted octanol–water partition coefficient (Wildman–Crippen LogP) is 3.91. The molecule has 2 heteroatoms. The lowest BCUT2D eigenvalue weighted by molar-refractivity contribution is 0.621. The molecule has 0 aromatic carbocycles. The Morgan fingerprint density at radius 1 is 1.20 bits per heavy atom. The van der Waals surface area contributed by atoms with Crippen molar-refractivity contribution in [3.8, 4) is 0 Å². The molecule has 0 aliphatic heterocycles. The Morgan fingerprint density at radius 3 is 2.80 bits per heavy atom. The van der Waals surface area contributed by atoms with Crippen LogP contribution in [0.2, 0.25) is 0 Å². The Balaban J connectivity index is 1.81. The molecule has 0 fully saturated rings. The molecule has 0 saturated heterocycles. The van der Waals surface area contributed by atoms with E-state index in [0.29, 0.717) is 0 Å². The topological polar surface area (TPSA) is 28.7 Å². The summed E-state index contributed by atoms with van der Waals surface area (Å²) >= 11 is 0. The van der Waals surface area contributed by atoms with Gasteiger partial charge < -0.3 is 4.98 Å². The fraction of sp³-hybridized carbons (Fsp3) is 0.692. The zero-order valence-corrected chi connectivity index (χ0v) is 9.84. The molecule has 0 aliphatic carbocycles. The molecule has 1 aromatic rings. The Labute approximate surface area is 93.5 Å². The molecule has 1 N–H and O–H groups in total. The fourth-order valence-corrected chi connectivity index (χ4v) is 1.71. The molecule has 1 radical (unpaired) electrons. The average Bonchev–Trinajstić information content (AvgIpc) is 2.75. The molecule has 85 valence electrons. The van der Waals surface area contributed by atoms with Gasteiger partial charge in [0.25, 0.3) is 0 Å². The van der Waals surface area contributed by atoms with Gasteiger partial charge in [0.05, 0.1) is 12.0 Å². The summed E-state index contributed by atoms with van der Waals surface area (Å²) in [7, 11) is 0. The van der Waals surface area contributed by atoms with Gasteiger partial charge in [0.15, 0.2) is 0 Å². The molecule has 15 heavy (non-hydrogen) atoms. The molecule has 2 nitrogen and oxygen atoms in total. The summed E-state index contributed by atoms with van der Waals surface area (Å²) in [6, 6.07) is 0. The van der Waals surface area contributed by atoms with E-state index in [0.717, 1.165) is 6.42 Å². The number of aromatic amines is 1. The van der Waals surface area contributed by atoms with Crippen molar-refractivity contribution in [3.63, 3.8) is 0 Å². The van der Waals surface area contributed by atoms with Crippen LogP contribution in [-0.4, -0.2) is 9.97 Å². The number of imidazole rings is 1. The summed E-state index contributed by atoms with van der Waals surface area (Å²) in [6.07, 6.45) is 16.5. The van der Waals surface area contributed by atoms with Crippen LogP contribution < -0.4 is 0 Å². The first kappa shape index (κ1) is 12.3. The van der Waals surface area contributed by atoms with Crippen molar-refractivity contribution in [2.24, 2.45) is 0 Å². The van der Waals surface area contributed by atoms with E-state index in [1.165, 1.54) is 50.6 Å². The first-order valence-corrected chi connectivity index (χ1v) is 6.22. The number of nitrogens with zero attached hydrogens (tertiary/aromatic N) is 1. The lowest BCUT2D eigenvalue weighted by Gasteiger charge is -2.00. The number of hydrogen-bond acceptors (Lipinski definition) is 1. The van der Waals surface area contributed by atoms with Crippen molar-refractivity contribution >= 4 is 0 Å². The van der Waals surface area contributed by atoms with E-state index < -0.39 is 0 Å². The van der Waals surface area contributed by atoms with Crippen molar-refractivity contribution in [1.82, 2.24) is 9.97 Å². The van der Waals surface area contributed by atoms with Gasteiger partial charge in [-0.05, 0) is 19.3 Å². The molecular weight excluding hydrogens is 184 g/mol. The highest BCUT2D eigenvalue weighted by Crippen LogP contribution is 2.09. The zero-order chi connectivity index (χ0) is 10.8. The summed E-state index contributed by atoms with van der Waals surface area (Å²) in [4.78, 5) is 7.18. The van der Waals surface area contributed by atoms with Crippen LogP contribution in [0.15, 0.2) is 12.5 Å². The number of aryl methyl sites for hydroxylation is 1. The molecule has 1 rings (SSSR count). The van der Waals surface area contributed by atoms with Gasteiger partial charge in [0.2, 0.25) is 0 Å². The van der Waals surface area contributed by atoms with E-state index in [2.05, 4.69) is 23.3 Å². The van der Waals surface area contributed by atoms with Crippen LogP contribution in [0.3, 0.4) is 0 Å². The monoisotopic (exact) mass is 207 g/mol. The van der Waals surface area contributed by atoms with Crippen LogP contribution in [0.1, 0.15) is 57.6 Å². The molecule has 1 heterocycles. The van der Waals surface area contributed by atoms with Gasteiger partial charge >= 0.3 is 0 Å². The minimum absolute atomic E-state index is 1.08. The lowest BCUT2D eigenvalue weighted by atomic mass is 10.1. The van der Waals surface area contributed by atoms with Gasteiger partial charge in [-0.15, -0.1) is 0 Å². The Bertz CT molecular complexity index is 216. The SMILES string of the molecule is CCCCCCC[CH]CCc1c[nH]cn1. The van der Waals surface area contributed by atoms with Gasteiger partial charge in [-0.3, -0.25) is 0 Å². The normalized spacial score (nSPS) is 10.7. The Kier molecular flexibility index (Phi) is 6.97. The van der Waals surface area contributed by atoms with Crippen LogP contribution in [0.25, 0.3) is 0 Å². The minimum atomic E-state index is 1.08. The van der Waals surface area contributed by atoms with Crippen LogP contribution in [0.4, 0.5) is 0 Å². The highest BCUT2D eigenvalue weighted by atomic mass is 14.9. The van der Waals surface area contributed by atoms with E-state index >= 15 is 0 Å². The first-order chi connectivity index (χ1) is 7.43. The van der Waals surface area contributed by atoms with E-state index in [-0.39, 0.29) is 0 Å². The number of H-pyrrole nitrogens is 1. The van der Waals surface area contributed by atoms with Crippen LogP contribution >= 0.6 is 0 Å². The van der Waals surface area contributed by atoms with Crippen molar-refractivity contribution in [2.75, 3.05) is 0 Å². The fourth-order valence-electron chi connectivity index (χ4n) is 1.71. The van der Waals surface area contributed by atoms with E-state index in [4.69, 9.17) is 0 Å². The summed E-state index contributed by atoms with van der Waals surface area (Å²) in [5.74, 6) is 0. The molecule has 0 saturated carbocycles. The van der Waals surface area contributed by atoms with E-state index in [1.807, 2.05) is 6.20 Å². The predicted molar refractivity (Wildman–Crippen MR) is 64.6 cm³/mol. The number of rotatable bonds is 9. The third kappa shape index (κ3) is 6.32. The summed E-state index contributed by atoms with van der Waals surface area (Å²) in [6.45, 7) is 2.26. The number of unbranched alkanes of at least 4 members (excludes halogenated alkanes) is 7. The largest absolute Gasteiger partial charge is 0.351 e. The zero-order valence-electron chi connectivity index (χ0n) is 9.84. The first-order valence-electron chi connectivity index (χ1n) is 6.22. The van der Waals surface area contributed by atoms with Gasteiger partial charge in [0.1, 0.15) is 0 Å². The van der Waals surface area contributed by atoms with Gasteiger partial charge in [-0.25, -0.2) is 4.98 Å². The molecule has 0 unspecified atom stereocenters. The molecule has 0 bridgehead atoms. The van der Waals surface area contributed by atoms with E-state index in [9.17, 15) is 0 Å². The van der Waals surface area contributed by atoms with Gasteiger partial charge in [-0.2, -0.15) is 0 Å².